The minimum Gasteiger partial charge on any atom is -0.481 e. The molecule has 3 nitrogen and oxygen atoms in total. The van der Waals surface area contributed by atoms with E-state index in [1.807, 2.05) is 0 Å². The van der Waals surface area contributed by atoms with Crippen LogP contribution < -0.4 is 10.1 Å². The quantitative estimate of drug-likeness (QED) is 0.752. The van der Waals surface area contributed by atoms with Crippen molar-refractivity contribution in [3.05, 3.63) is 59.4 Å². The molecule has 0 fully saturated rings. The first-order valence-electron chi connectivity index (χ1n) is 7.41. The second-order valence-electron chi connectivity index (χ2n) is 5.27. The van der Waals surface area contributed by atoms with Crippen molar-refractivity contribution in [2.24, 2.45) is 0 Å². The molecule has 0 aliphatic carbocycles. The molecule has 2 aromatic carbocycles. The number of alkyl halides is 3. The third-order valence-corrected chi connectivity index (χ3v) is 3.38. The molecule has 1 atom stereocenters. The second kappa shape index (κ2) is 7.67. The Labute approximate surface area is 144 Å². The van der Waals surface area contributed by atoms with Crippen molar-refractivity contribution in [1.82, 2.24) is 0 Å². The molecular formula is C17H13F6NO2. The van der Waals surface area contributed by atoms with Crippen LogP contribution in [0.15, 0.2) is 36.4 Å². The number of carbonyl (C=O) groups is 1. The summed E-state index contributed by atoms with van der Waals surface area (Å²) >= 11 is 0. The number of carbonyl (C=O) groups excluding carboxylic acids is 1. The maximum Gasteiger partial charge on any atom is 0.419 e. The molecule has 1 N–H and O–H groups in total. The van der Waals surface area contributed by atoms with Gasteiger partial charge in [-0.25, -0.2) is 13.2 Å². The molecule has 0 aliphatic rings. The lowest BCUT2D eigenvalue weighted by Gasteiger charge is -2.18. The van der Waals surface area contributed by atoms with Gasteiger partial charge >= 0.3 is 6.18 Å². The van der Waals surface area contributed by atoms with E-state index >= 15 is 0 Å². The Balaban J connectivity index is 2.13. The summed E-state index contributed by atoms with van der Waals surface area (Å²) < 4.78 is 82.8. The van der Waals surface area contributed by atoms with Crippen LogP contribution in [0.4, 0.5) is 32.0 Å². The average Bonchev–Trinajstić information content (AvgIpc) is 2.54. The number of hydrogen-bond donors (Lipinski definition) is 1. The molecule has 0 unspecified atom stereocenters. The Morgan fingerprint density at radius 2 is 1.77 bits per heavy atom. The molecule has 0 spiro atoms. The summed E-state index contributed by atoms with van der Waals surface area (Å²) in [7, 11) is 0. The first kappa shape index (κ1) is 19.6. The molecule has 0 heterocycles. The average molecular weight is 377 g/mol. The summed E-state index contributed by atoms with van der Waals surface area (Å²) in [6.07, 6.45) is -6.02. The van der Waals surface area contributed by atoms with Gasteiger partial charge in [-0.1, -0.05) is 6.92 Å². The predicted octanol–water partition coefficient (Wildman–Crippen LogP) is 4.92. The topological polar surface area (TPSA) is 38.3 Å². The lowest BCUT2D eigenvalue weighted by molar-refractivity contribution is -0.140. The summed E-state index contributed by atoms with van der Waals surface area (Å²) in [4.78, 5) is 12.1. The van der Waals surface area contributed by atoms with E-state index in [4.69, 9.17) is 4.74 Å². The van der Waals surface area contributed by atoms with Gasteiger partial charge in [0.2, 0.25) is 0 Å². The highest BCUT2D eigenvalue weighted by Crippen LogP contribution is 2.33. The molecule has 1 amide bonds. The van der Waals surface area contributed by atoms with Crippen LogP contribution in [0.2, 0.25) is 0 Å². The van der Waals surface area contributed by atoms with E-state index in [1.165, 1.54) is 6.92 Å². The molecule has 2 aromatic rings. The fourth-order valence-corrected chi connectivity index (χ4v) is 2.09. The number of halogens is 6. The van der Waals surface area contributed by atoms with Crippen LogP contribution in [0.1, 0.15) is 18.9 Å². The first-order valence-corrected chi connectivity index (χ1v) is 7.41. The van der Waals surface area contributed by atoms with Gasteiger partial charge in [0.15, 0.2) is 6.10 Å². The molecule has 0 saturated heterocycles. The van der Waals surface area contributed by atoms with Crippen molar-refractivity contribution in [1.29, 1.82) is 0 Å². The molecule has 26 heavy (non-hydrogen) atoms. The van der Waals surface area contributed by atoms with Crippen molar-refractivity contribution in [2.75, 3.05) is 5.32 Å². The molecule has 0 bridgehead atoms. The zero-order valence-electron chi connectivity index (χ0n) is 13.3. The normalized spacial score (nSPS) is 12.6. The van der Waals surface area contributed by atoms with Gasteiger partial charge in [0, 0.05) is 12.1 Å². The van der Waals surface area contributed by atoms with Gasteiger partial charge in [-0.3, -0.25) is 4.79 Å². The summed E-state index contributed by atoms with van der Waals surface area (Å²) in [6.45, 7) is 1.53. The van der Waals surface area contributed by atoms with Crippen molar-refractivity contribution in [2.45, 2.75) is 25.6 Å². The van der Waals surface area contributed by atoms with E-state index in [0.717, 1.165) is 18.2 Å². The van der Waals surface area contributed by atoms with E-state index < -0.39 is 41.2 Å². The molecule has 0 saturated carbocycles. The molecule has 9 heteroatoms. The molecule has 2 rings (SSSR count). The Bertz CT molecular complexity index is 806. The van der Waals surface area contributed by atoms with Gasteiger partial charge in [0.1, 0.15) is 23.2 Å². The van der Waals surface area contributed by atoms with Gasteiger partial charge in [0.05, 0.1) is 11.3 Å². The van der Waals surface area contributed by atoms with E-state index in [9.17, 15) is 31.1 Å². The van der Waals surface area contributed by atoms with Crippen molar-refractivity contribution >= 4 is 11.6 Å². The van der Waals surface area contributed by atoms with Gasteiger partial charge < -0.3 is 10.1 Å². The maximum absolute atomic E-state index is 13.6. The number of benzene rings is 2. The molecular weight excluding hydrogens is 364 g/mol. The number of amides is 1. The van der Waals surface area contributed by atoms with Crippen LogP contribution in [-0.2, 0) is 11.0 Å². The largest absolute Gasteiger partial charge is 0.481 e. The smallest absolute Gasteiger partial charge is 0.419 e. The van der Waals surface area contributed by atoms with Crippen LogP contribution in [0.5, 0.6) is 5.75 Å². The number of nitrogens with one attached hydrogen (secondary N) is 1. The fourth-order valence-electron chi connectivity index (χ4n) is 2.09. The highest BCUT2D eigenvalue weighted by atomic mass is 19.4. The Morgan fingerprint density at radius 1 is 1.08 bits per heavy atom. The highest BCUT2D eigenvalue weighted by molar-refractivity contribution is 5.94. The minimum absolute atomic E-state index is 0.0668. The molecule has 0 radical (unpaired) electrons. The summed E-state index contributed by atoms with van der Waals surface area (Å²) in [5, 5.41) is 2.18. The van der Waals surface area contributed by atoms with Crippen LogP contribution in [-0.4, -0.2) is 12.0 Å². The zero-order chi connectivity index (χ0) is 19.5. The van der Waals surface area contributed by atoms with E-state index in [0.29, 0.717) is 18.2 Å². The monoisotopic (exact) mass is 377 g/mol. The van der Waals surface area contributed by atoms with Crippen LogP contribution >= 0.6 is 0 Å². The Morgan fingerprint density at radius 3 is 2.31 bits per heavy atom. The standard InChI is InChI=1S/C17H13F6NO2/c1-2-15(16(25)24-14-6-3-9(18)7-13(14)20)26-10-4-5-11(12(19)8-10)17(21,22)23/h3-8,15H,2H2,1H3,(H,24,25)/t15-/m0/s1. The van der Waals surface area contributed by atoms with E-state index in [2.05, 4.69) is 5.32 Å². The molecule has 0 aromatic heterocycles. The van der Waals surface area contributed by atoms with Gasteiger partial charge in [-0.15, -0.1) is 0 Å². The van der Waals surface area contributed by atoms with E-state index in [1.54, 1.807) is 0 Å². The highest BCUT2D eigenvalue weighted by Gasteiger charge is 2.34. The van der Waals surface area contributed by atoms with Crippen LogP contribution in [0, 0.1) is 17.5 Å². The third-order valence-electron chi connectivity index (χ3n) is 3.38. The number of ether oxygens (including phenoxy) is 1. The predicted molar refractivity (Wildman–Crippen MR) is 81.1 cm³/mol. The van der Waals surface area contributed by atoms with Gasteiger partial charge in [-0.2, -0.15) is 13.2 Å². The van der Waals surface area contributed by atoms with Crippen molar-refractivity contribution in [3.8, 4) is 5.75 Å². The maximum atomic E-state index is 13.6. The summed E-state index contributed by atoms with van der Waals surface area (Å²) in [5.41, 5.74) is -1.76. The number of rotatable bonds is 5. The van der Waals surface area contributed by atoms with E-state index in [-0.39, 0.29) is 17.9 Å². The Hall–Kier alpha value is -2.71. The molecule has 140 valence electrons. The fraction of sp³-hybridized carbons (Fsp3) is 0.235. The minimum atomic E-state index is -4.86. The lowest BCUT2D eigenvalue weighted by atomic mass is 10.2. The van der Waals surface area contributed by atoms with Gasteiger partial charge in [0.25, 0.3) is 5.91 Å². The number of anilines is 1. The van der Waals surface area contributed by atoms with Crippen LogP contribution in [0.25, 0.3) is 0 Å². The Kier molecular flexibility index (Phi) is 5.79. The SMILES string of the molecule is CC[C@H](Oc1ccc(C(F)(F)F)c(F)c1)C(=O)Nc1ccc(F)cc1F. The zero-order valence-corrected chi connectivity index (χ0v) is 13.3. The summed E-state index contributed by atoms with van der Waals surface area (Å²) in [5.74, 6) is -4.50. The first-order chi connectivity index (χ1) is 12.1. The van der Waals surface area contributed by atoms with Crippen molar-refractivity contribution < 1.29 is 35.9 Å². The molecule has 0 aliphatic heterocycles. The van der Waals surface area contributed by atoms with Gasteiger partial charge in [-0.05, 0) is 30.7 Å². The summed E-state index contributed by atoms with van der Waals surface area (Å²) in [6, 6.07) is 4.40. The third kappa shape index (κ3) is 4.68. The second-order valence-corrected chi connectivity index (χ2v) is 5.27. The lowest BCUT2D eigenvalue weighted by Crippen LogP contribution is -2.32. The van der Waals surface area contributed by atoms with Crippen molar-refractivity contribution in [3.63, 3.8) is 0 Å². The number of hydrogen-bond acceptors (Lipinski definition) is 2. The van der Waals surface area contributed by atoms with Crippen LogP contribution in [0.3, 0.4) is 0 Å².